The van der Waals surface area contributed by atoms with Crippen molar-refractivity contribution in [2.24, 2.45) is 0 Å². The van der Waals surface area contributed by atoms with Crippen molar-refractivity contribution in [2.45, 2.75) is 40.0 Å². The molecule has 0 aromatic carbocycles. The van der Waals surface area contributed by atoms with Crippen LogP contribution in [0.5, 0.6) is 0 Å². The largest absolute Gasteiger partial charge is 0.396 e. The molecule has 0 unspecified atom stereocenters. The van der Waals surface area contributed by atoms with Crippen LogP contribution in [0.3, 0.4) is 0 Å². The molecule has 1 heterocycles. The van der Waals surface area contributed by atoms with Crippen molar-refractivity contribution in [3.8, 4) is 0 Å². The molecule has 0 spiro atoms. The Morgan fingerprint density at radius 1 is 1.38 bits per heavy atom. The number of carbonyl (C=O) groups is 1. The third kappa shape index (κ3) is 5.01. The average molecular weight is 293 g/mol. The molecule has 5 nitrogen and oxygen atoms in total. The maximum absolute atomic E-state index is 12.6. The van der Waals surface area contributed by atoms with E-state index in [9.17, 15) is 4.79 Å². The molecule has 1 aromatic rings. The topological polar surface area (TPSA) is 65.5 Å². The van der Waals surface area contributed by atoms with Crippen molar-refractivity contribution >= 4 is 11.7 Å². The van der Waals surface area contributed by atoms with Crippen LogP contribution in [0.2, 0.25) is 0 Å². The smallest absolute Gasteiger partial charge is 0.254 e. The molecule has 5 heteroatoms. The van der Waals surface area contributed by atoms with Gasteiger partial charge in [-0.3, -0.25) is 4.79 Å². The number of aliphatic hydroxyl groups excluding tert-OH is 1. The Morgan fingerprint density at radius 3 is 2.62 bits per heavy atom. The molecule has 118 valence electrons. The zero-order valence-electron chi connectivity index (χ0n) is 13.5. The third-order valence-corrected chi connectivity index (χ3v) is 3.30. The molecule has 0 aliphatic rings. The molecule has 2 N–H and O–H groups in total. The first-order valence-electron chi connectivity index (χ1n) is 7.69. The van der Waals surface area contributed by atoms with Gasteiger partial charge < -0.3 is 15.3 Å². The van der Waals surface area contributed by atoms with Crippen molar-refractivity contribution in [1.82, 2.24) is 9.88 Å². The minimum atomic E-state index is -0.00518. The van der Waals surface area contributed by atoms with Gasteiger partial charge in [0.05, 0.1) is 0 Å². The summed E-state index contributed by atoms with van der Waals surface area (Å²) in [5.41, 5.74) is 1.57. The van der Waals surface area contributed by atoms with Gasteiger partial charge in [-0.1, -0.05) is 13.8 Å². The van der Waals surface area contributed by atoms with Crippen molar-refractivity contribution in [3.05, 3.63) is 23.4 Å². The van der Waals surface area contributed by atoms with Gasteiger partial charge in [0.25, 0.3) is 5.91 Å². The Bertz CT molecular complexity index is 461. The van der Waals surface area contributed by atoms with E-state index in [-0.39, 0.29) is 18.4 Å². The number of aliphatic hydroxyl groups is 1. The van der Waals surface area contributed by atoms with E-state index in [0.29, 0.717) is 25.1 Å². The van der Waals surface area contributed by atoms with Crippen LogP contribution in [-0.2, 0) is 0 Å². The van der Waals surface area contributed by atoms with Gasteiger partial charge in [0.15, 0.2) is 0 Å². The Kier molecular flexibility index (Phi) is 7.15. The third-order valence-electron chi connectivity index (χ3n) is 3.30. The second kappa shape index (κ2) is 8.62. The lowest BCUT2D eigenvalue weighted by atomic mass is 10.1. The summed E-state index contributed by atoms with van der Waals surface area (Å²) in [5.74, 6) is 1.00. The molecule has 0 bridgehead atoms. The summed E-state index contributed by atoms with van der Waals surface area (Å²) >= 11 is 0. The molecule has 0 fully saturated rings. The summed E-state index contributed by atoms with van der Waals surface area (Å²) in [6, 6.07) is 3.68. The van der Waals surface area contributed by atoms with E-state index < -0.39 is 0 Å². The maximum atomic E-state index is 12.6. The highest BCUT2D eigenvalue weighted by Crippen LogP contribution is 2.19. The highest BCUT2D eigenvalue weighted by atomic mass is 16.3. The minimum Gasteiger partial charge on any atom is -0.396 e. The Labute approximate surface area is 127 Å². The van der Waals surface area contributed by atoms with Gasteiger partial charge in [-0.25, -0.2) is 4.98 Å². The van der Waals surface area contributed by atoms with Crippen LogP contribution in [0.4, 0.5) is 5.82 Å². The first-order valence-corrected chi connectivity index (χ1v) is 7.69. The van der Waals surface area contributed by atoms with E-state index in [4.69, 9.17) is 5.11 Å². The molecule has 0 saturated heterocycles. The minimum absolute atomic E-state index is 0.00518. The SMILES string of the molecule is CCNc1cc(C(=O)N(CC)CCCO)cc(C(C)C)n1. The van der Waals surface area contributed by atoms with Gasteiger partial charge >= 0.3 is 0 Å². The molecule has 0 aliphatic heterocycles. The molecule has 0 aliphatic carbocycles. The summed E-state index contributed by atoms with van der Waals surface area (Å²) in [6.07, 6.45) is 0.599. The number of anilines is 1. The average Bonchev–Trinajstić information content (AvgIpc) is 2.47. The zero-order chi connectivity index (χ0) is 15.8. The lowest BCUT2D eigenvalue weighted by Crippen LogP contribution is -2.32. The number of pyridine rings is 1. The van der Waals surface area contributed by atoms with Crippen LogP contribution in [0.15, 0.2) is 12.1 Å². The van der Waals surface area contributed by atoms with Gasteiger partial charge in [0, 0.05) is 37.5 Å². The zero-order valence-corrected chi connectivity index (χ0v) is 13.5. The molecule has 1 rings (SSSR count). The Hall–Kier alpha value is -1.62. The van der Waals surface area contributed by atoms with Crippen LogP contribution in [0.25, 0.3) is 0 Å². The lowest BCUT2D eigenvalue weighted by Gasteiger charge is -2.21. The number of nitrogens with zero attached hydrogens (tertiary/aromatic N) is 2. The summed E-state index contributed by atoms with van der Waals surface area (Å²) in [4.78, 5) is 18.9. The molecule has 0 atom stereocenters. The predicted molar refractivity (Wildman–Crippen MR) is 85.8 cm³/mol. The fraction of sp³-hybridized carbons (Fsp3) is 0.625. The van der Waals surface area contributed by atoms with E-state index in [2.05, 4.69) is 24.1 Å². The molecule has 1 amide bonds. The quantitative estimate of drug-likeness (QED) is 0.773. The molecule has 1 aromatic heterocycles. The second-order valence-corrected chi connectivity index (χ2v) is 5.31. The second-order valence-electron chi connectivity index (χ2n) is 5.31. The number of hydrogen-bond acceptors (Lipinski definition) is 4. The van der Waals surface area contributed by atoms with Crippen LogP contribution in [-0.4, -0.2) is 47.1 Å². The standard InChI is InChI=1S/C16H27N3O2/c1-5-17-15-11-13(10-14(18-15)12(3)4)16(21)19(6-2)8-7-9-20/h10-12,20H,5-9H2,1-4H3,(H,17,18). The number of aromatic nitrogens is 1. The summed E-state index contributed by atoms with van der Waals surface area (Å²) < 4.78 is 0. The monoisotopic (exact) mass is 293 g/mol. The van der Waals surface area contributed by atoms with E-state index in [1.54, 1.807) is 11.0 Å². The maximum Gasteiger partial charge on any atom is 0.254 e. The van der Waals surface area contributed by atoms with E-state index in [1.807, 2.05) is 19.9 Å². The van der Waals surface area contributed by atoms with Crippen LogP contribution in [0.1, 0.15) is 56.1 Å². The Morgan fingerprint density at radius 2 is 2.10 bits per heavy atom. The first kappa shape index (κ1) is 17.4. The molecule has 21 heavy (non-hydrogen) atoms. The molecule has 0 radical (unpaired) electrons. The van der Waals surface area contributed by atoms with E-state index in [0.717, 1.165) is 18.1 Å². The summed E-state index contributed by atoms with van der Waals surface area (Å²) in [5, 5.41) is 12.1. The number of carbonyl (C=O) groups excluding carboxylic acids is 1. The number of nitrogens with one attached hydrogen (secondary N) is 1. The fourth-order valence-corrected chi connectivity index (χ4v) is 2.09. The van der Waals surface area contributed by atoms with Gasteiger partial charge in [-0.2, -0.15) is 0 Å². The van der Waals surface area contributed by atoms with Gasteiger partial charge in [0.2, 0.25) is 0 Å². The van der Waals surface area contributed by atoms with Gasteiger partial charge in [-0.15, -0.1) is 0 Å². The fourth-order valence-electron chi connectivity index (χ4n) is 2.09. The van der Waals surface area contributed by atoms with Crippen LogP contribution in [0, 0.1) is 0 Å². The van der Waals surface area contributed by atoms with E-state index in [1.165, 1.54) is 0 Å². The lowest BCUT2D eigenvalue weighted by molar-refractivity contribution is 0.0754. The molecule has 0 saturated carbocycles. The number of rotatable bonds is 8. The van der Waals surface area contributed by atoms with Crippen molar-refractivity contribution in [2.75, 3.05) is 31.6 Å². The van der Waals surface area contributed by atoms with Crippen LogP contribution < -0.4 is 5.32 Å². The van der Waals surface area contributed by atoms with Gasteiger partial charge in [-0.05, 0) is 38.3 Å². The highest BCUT2D eigenvalue weighted by Gasteiger charge is 2.16. The molecular formula is C16H27N3O2. The van der Waals surface area contributed by atoms with Crippen LogP contribution >= 0.6 is 0 Å². The van der Waals surface area contributed by atoms with Crippen molar-refractivity contribution in [3.63, 3.8) is 0 Å². The number of amides is 1. The van der Waals surface area contributed by atoms with E-state index >= 15 is 0 Å². The predicted octanol–water partition coefficient (Wildman–Crippen LogP) is 2.48. The number of hydrogen-bond donors (Lipinski definition) is 2. The Balaban J connectivity index is 3.05. The van der Waals surface area contributed by atoms with Crippen molar-refractivity contribution < 1.29 is 9.90 Å². The summed E-state index contributed by atoms with van der Waals surface area (Å²) in [7, 11) is 0. The summed E-state index contributed by atoms with van der Waals surface area (Å²) in [6.45, 7) is 10.2. The molecular weight excluding hydrogens is 266 g/mol. The van der Waals surface area contributed by atoms with Crippen molar-refractivity contribution in [1.29, 1.82) is 0 Å². The highest BCUT2D eigenvalue weighted by molar-refractivity contribution is 5.95. The normalized spacial score (nSPS) is 10.8. The first-order chi connectivity index (χ1) is 10.0. The van der Waals surface area contributed by atoms with Gasteiger partial charge in [0.1, 0.15) is 5.82 Å².